The Kier molecular flexibility index (Phi) is 3.03. The van der Waals surface area contributed by atoms with Crippen molar-refractivity contribution in [1.29, 1.82) is 0 Å². The number of anilines is 2. The minimum atomic E-state index is -0.609. The maximum atomic E-state index is 11.3. The van der Waals surface area contributed by atoms with Crippen molar-refractivity contribution in [2.75, 3.05) is 17.2 Å². The summed E-state index contributed by atoms with van der Waals surface area (Å²) in [7, 11) is 0. The van der Waals surface area contributed by atoms with Gasteiger partial charge in [0.15, 0.2) is 11.6 Å². The zero-order valence-electron chi connectivity index (χ0n) is 10.8. The molecule has 0 fully saturated rings. The van der Waals surface area contributed by atoms with Gasteiger partial charge in [-0.3, -0.25) is 9.78 Å². The SMILES string of the molecule is CC(O)c1ccc(-c2cnc3c(n2)NC(=O)CN3)cn1. The Morgan fingerprint density at radius 3 is 2.80 bits per heavy atom. The number of fused-ring (bicyclic) bond motifs is 1. The van der Waals surface area contributed by atoms with Gasteiger partial charge in [0.2, 0.25) is 5.91 Å². The maximum absolute atomic E-state index is 11.3. The summed E-state index contributed by atoms with van der Waals surface area (Å²) in [6, 6.07) is 3.54. The van der Waals surface area contributed by atoms with E-state index in [1.807, 2.05) is 6.07 Å². The van der Waals surface area contributed by atoms with Crippen LogP contribution in [0.4, 0.5) is 11.6 Å². The molecule has 0 aliphatic carbocycles. The third kappa shape index (κ3) is 2.30. The van der Waals surface area contributed by atoms with Crippen LogP contribution in [0.3, 0.4) is 0 Å². The van der Waals surface area contributed by atoms with Crippen LogP contribution in [0.25, 0.3) is 11.3 Å². The van der Waals surface area contributed by atoms with E-state index in [0.717, 1.165) is 5.56 Å². The van der Waals surface area contributed by atoms with Crippen molar-refractivity contribution in [3.05, 3.63) is 30.2 Å². The molecule has 1 unspecified atom stereocenters. The number of carbonyl (C=O) groups excluding carboxylic acids is 1. The molecular formula is C13H13N5O2. The van der Waals surface area contributed by atoms with Gasteiger partial charge >= 0.3 is 0 Å². The van der Waals surface area contributed by atoms with Gasteiger partial charge in [-0.15, -0.1) is 0 Å². The summed E-state index contributed by atoms with van der Waals surface area (Å²) in [6.45, 7) is 1.85. The van der Waals surface area contributed by atoms with Crippen LogP contribution in [-0.2, 0) is 4.79 Å². The highest BCUT2D eigenvalue weighted by Crippen LogP contribution is 2.24. The van der Waals surface area contributed by atoms with E-state index >= 15 is 0 Å². The van der Waals surface area contributed by atoms with Crippen LogP contribution >= 0.6 is 0 Å². The Labute approximate surface area is 115 Å². The monoisotopic (exact) mass is 271 g/mol. The minimum Gasteiger partial charge on any atom is -0.387 e. The van der Waals surface area contributed by atoms with Crippen molar-refractivity contribution in [2.24, 2.45) is 0 Å². The van der Waals surface area contributed by atoms with Gasteiger partial charge in [0, 0.05) is 11.8 Å². The van der Waals surface area contributed by atoms with Crippen molar-refractivity contribution in [2.45, 2.75) is 13.0 Å². The second-order valence-corrected chi connectivity index (χ2v) is 4.50. The van der Waals surface area contributed by atoms with E-state index in [-0.39, 0.29) is 12.5 Å². The number of aliphatic hydroxyl groups is 1. The summed E-state index contributed by atoms with van der Waals surface area (Å²) in [5.74, 6) is 0.826. The summed E-state index contributed by atoms with van der Waals surface area (Å²) in [6.07, 6.45) is 2.63. The van der Waals surface area contributed by atoms with Gasteiger partial charge in [-0.2, -0.15) is 0 Å². The zero-order valence-corrected chi connectivity index (χ0v) is 10.8. The summed E-state index contributed by atoms with van der Waals surface area (Å²) >= 11 is 0. The van der Waals surface area contributed by atoms with Crippen LogP contribution in [0.2, 0.25) is 0 Å². The number of amides is 1. The van der Waals surface area contributed by atoms with Crippen molar-refractivity contribution < 1.29 is 9.90 Å². The van der Waals surface area contributed by atoms with Crippen molar-refractivity contribution in [1.82, 2.24) is 15.0 Å². The van der Waals surface area contributed by atoms with E-state index in [1.54, 1.807) is 25.4 Å². The molecule has 3 N–H and O–H groups in total. The first-order valence-corrected chi connectivity index (χ1v) is 6.18. The number of carbonyl (C=O) groups is 1. The molecule has 0 saturated carbocycles. The smallest absolute Gasteiger partial charge is 0.244 e. The summed E-state index contributed by atoms with van der Waals surface area (Å²) in [4.78, 5) is 24.0. The molecule has 2 aromatic heterocycles. The lowest BCUT2D eigenvalue weighted by Crippen LogP contribution is -2.28. The van der Waals surface area contributed by atoms with Gasteiger partial charge < -0.3 is 15.7 Å². The van der Waals surface area contributed by atoms with Crippen molar-refractivity contribution in [3.8, 4) is 11.3 Å². The highest BCUT2D eigenvalue weighted by atomic mass is 16.3. The predicted octanol–water partition coefficient (Wildman–Crippen LogP) is 0.956. The van der Waals surface area contributed by atoms with Gasteiger partial charge in [-0.05, 0) is 19.1 Å². The van der Waals surface area contributed by atoms with Crippen LogP contribution in [0, 0.1) is 0 Å². The Bertz CT molecular complexity index is 654. The zero-order chi connectivity index (χ0) is 14.1. The van der Waals surface area contributed by atoms with E-state index in [2.05, 4.69) is 25.6 Å². The third-order valence-electron chi connectivity index (χ3n) is 2.96. The molecule has 0 radical (unpaired) electrons. The summed E-state index contributed by atoms with van der Waals surface area (Å²) in [5.41, 5.74) is 1.97. The molecule has 7 nitrogen and oxygen atoms in total. The lowest BCUT2D eigenvalue weighted by molar-refractivity contribution is -0.114. The van der Waals surface area contributed by atoms with Crippen LogP contribution in [0.15, 0.2) is 24.5 Å². The lowest BCUT2D eigenvalue weighted by atomic mass is 10.1. The molecule has 0 aromatic carbocycles. The number of nitrogens with one attached hydrogen (secondary N) is 2. The van der Waals surface area contributed by atoms with Gasteiger partial charge in [-0.25, -0.2) is 9.97 Å². The highest BCUT2D eigenvalue weighted by Gasteiger charge is 2.17. The number of hydrogen-bond donors (Lipinski definition) is 3. The van der Waals surface area contributed by atoms with E-state index in [9.17, 15) is 9.90 Å². The molecule has 0 bridgehead atoms. The molecule has 3 heterocycles. The first kappa shape index (κ1) is 12.5. The molecule has 1 aliphatic heterocycles. The van der Waals surface area contributed by atoms with Crippen LogP contribution in [0.5, 0.6) is 0 Å². The van der Waals surface area contributed by atoms with Crippen LogP contribution in [0.1, 0.15) is 18.7 Å². The first-order chi connectivity index (χ1) is 9.63. The van der Waals surface area contributed by atoms with Gasteiger partial charge in [0.05, 0.1) is 30.2 Å². The maximum Gasteiger partial charge on any atom is 0.244 e. The van der Waals surface area contributed by atoms with E-state index in [4.69, 9.17) is 0 Å². The quantitative estimate of drug-likeness (QED) is 0.752. The first-order valence-electron chi connectivity index (χ1n) is 6.18. The summed E-state index contributed by atoms with van der Waals surface area (Å²) < 4.78 is 0. The average molecular weight is 271 g/mol. The Morgan fingerprint density at radius 1 is 1.25 bits per heavy atom. The van der Waals surface area contributed by atoms with Gasteiger partial charge in [0.1, 0.15) is 0 Å². The number of aromatic nitrogens is 3. The van der Waals surface area contributed by atoms with E-state index in [0.29, 0.717) is 23.0 Å². The molecule has 1 amide bonds. The molecule has 0 spiro atoms. The molecule has 0 saturated heterocycles. The normalized spacial score (nSPS) is 15.0. The molecular weight excluding hydrogens is 258 g/mol. The fourth-order valence-corrected chi connectivity index (χ4v) is 1.89. The lowest BCUT2D eigenvalue weighted by Gasteiger charge is -2.17. The number of rotatable bonds is 2. The standard InChI is InChI=1S/C13H13N5O2/c1-7(19)9-3-2-8(4-14-9)10-5-15-12-13(17-10)18-11(20)6-16-12/h2-5,7,19H,6H2,1H3,(H,15,16)(H,17,18,20). The number of hydrogen-bond acceptors (Lipinski definition) is 6. The predicted molar refractivity (Wildman–Crippen MR) is 73.0 cm³/mol. The van der Waals surface area contributed by atoms with Gasteiger partial charge in [-0.1, -0.05) is 0 Å². The highest BCUT2D eigenvalue weighted by molar-refractivity contribution is 5.98. The van der Waals surface area contributed by atoms with Crippen molar-refractivity contribution >= 4 is 17.5 Å². The summed E-state index contributed by atoms with van der Waals surface area (Å²) in [5, 5.41) is 15.0. The molecule has 3 rings (SSSR count). The average Bonchev–Trinajstić information content (AvgIpc) is 2.46. The van der Waals surface area contributed by atoms with Crippen molar-refractivity contribution in [3.63, 3.8) is 0 Å². The second kappa shape index (κ2) is 4.86. The molecule has 1 atom stereocenters. The molecule has 7 heteroatoms. The number of nitrogens with zero attached hydrogens (tertiary/aromatic N) is 3. The largest absolute Gasteiger partial charge is 0.387 e. The van der Waals surface area contributed by atoms with E-state index < -0.39 is 6.10 Å². The van der Waals surface area contributed by atoms with Crippen LogP contribution in [-0.4, -0.2) is 32.5 Å². The second-order valence-electron chi connectivity index (χ2n) is 4.50. The fourth-order valence-electron chi connectivity index (χ4n) is 1.89. The molecule has 102 valence electrons. The van der Waals surface area contributed by atoms with Crippen LogP contribution < -0.4 is 10.6 Å². The third-order valence-corrected chi connectivity index (χ3v) is 2.96. The van der Waals surface area contributed by atoms with Gasteiger partial charge in [0.25, 0.3) is 0 Å². The minimum absolute atomic E-state index is 0.147. The molecule has 2 aromatic rings. The fraction of sp³-hybridized carbons (Fsp3) is 0.231. The Morgan fingerprint density at radius 2 is 2.10 bits per heavy atom. The number of pyridine rings is 1. The topological polar surface area (TPSA) is 100 Å². The molecule has 20 heavy (non-hydrogen) atoms. The molecule has 1 aliphatic rings. The van der Waals surface area contributed by atoms with E-state index in [1.165, 1.54) is 0 Å². The Hall–Kier alpha value is -2.54. The number of aliphatic hydroxyl groups excluding tert-OH is 1. The Balaban J connectivity index is 1.94.